The average Bonchev–Trinajstić information content (AvgIpc) is 3.50. The van der Waals surface area contributed by atoms with Crippen LogP contribution in [-0.2, 0) is 26.5 Å². The van der Waals surface area contributed by atoms with Crippen LogP contribution in [-0.4, -0.2) is 55.5 Å². The van der Waals surface area contributed by atoms with Gasteiger partial charge in [0.2, 0.25) is 14.3 Å². The highest BCUT2D eigenvalue weighted by Gasteiger charge is 2.67. The fraction of sp³-hybridized carbons (Fsp3) is 0.500. The summed E-state index contributed by atoms with van der Waals surface area (Å²) in [5.41, 5.74) is 0.564. The van der Waals surface area contributed by atoms with Crippen molar-refractivity contribution in [1.29, 1.82) is 0 Å². The van der Waals surface area contributed by atoms with Gasteiger partial charge in [0, 0.05) is 31.6 Å². The lowest BCUT2D eigenvalue weighted by Gasteiger charge is -2.31. The molecule has 5 atom stereocenters. The largest absolute Gasteiger partial charge is 0.394 e. The summed E-state index contributed by atoms with van der Waals surface area (Å²) in [7, 11) is -3.37. The second-order valence-electron chi connectivity index (χ2n) is 11.2. The lowest BCUT2D eigenvalue weighted by molar-refractivity contribution is -0.150. The Bertz CT molecular complexity index is 1260. The normalized spacial score (nSPS) is 29.0. The molecule has 3 heterocycles. The summed E-state index contributed by atoms with van der Waals surface area (Å²) < 4.78 is 24.6. The maximum absolute atomic E-state index is 16.0. The highest BCUT2D eigenvalue weighted by atomic mass is 127. The maximum atomic E-state index is 16.0. The third-order valence-electron chi connectivity index (χ3n) is 8.44. The van der Waals surface area contributed by atoms with Crippen molar-refractivity contribution in [3.8, 4) is 0 Å². The smallest absolute Gasteiger partial charge is 0.264 e. The minimum atomic E-state index is -3.37. The molecule has 0 aliphatic carbocycles. The van der Waals surface area contributed by atoms with Crippen LogP contribution >= 0.6 is 38.5 Å². The van der Waals surface area contributed by atoms with Crippen LogP contribution in [0.4, 0.5) is 9.80 Å². The van der Waals surface area contributed by atoms with E-state index in [2.05, 4.69) is 38.5 Å². The number of fused-ring (bicyclic) bond motifs is 2. The summed E-state index contributed by atoms with van der Waals surface area (Å²) in [4.78, 5) is 31.3. The zero-order valence-corrected chi connectivity index (χ0v) is 26.5. The molecule has 204 valence electrons. The number of aliphatic hydroxyl groups excluding tert-OH is 1. The van der Waals surface area contributed by atoms with Gasteiger partial charge in [0.1, 0.15) is 0 Å². The zero-order valence-electron chi connectivity index (χ0n) is 21.8. The number of aliphatic hydroxyl groups is 1. The molecular formula is C28H33BrFIN2O4Si. The first-order chi connectivity index (χ1) is 18.0. The third kappa shape index (κ3) is 4.78. The van der Waals surface area contributed by atoms with Crippen LogP contribution in [0.2, 0.25) is 18.6 Å². The molecule has 38 heavy (non-hydrogen) atoms. The van der Waals surface area contributed by atoms with E-state index in [1.54, 1.807) is 22.9 Å². The first-order valence-corrected chi connectivity index (χ1v) is 17.9. The molecule has 0 aromatic heterocycles. The molecule has 2 aromatic carbocycles. The van der Waals surface area contributed by atoms with Crippen molar-refractivity contribution in [1.82, 2.24) is 4.90 Å². The molecule has 0 unspecified atom stereocenters. The predicted octanol–water partition coefficient (Wildman–Crippen LogP) is 5.75. The van der Waals surface area contributed by atoms with Crippen molar-refractivity contribution < 1.29 is 23.5 Å². The van der Waals surface area contributed by atoms with Gasteiger partial charge in [-0.1, -0.05) is 35.0 Å². The Hall–Kier alpha value is -1.34. The SMILES string of the molecule is C[C@@H]1[C@@H]([Si](C)(C)F)[C@H](CC(=O)N2CCC[C@H]2CO)O[C@@]12C(=O)N(Cc1cccc(I)c1)c1ccc(Br)cc12. The molecule has 5 rings (SSSR count). The number of ether oxygens (including phenoxy) is 1. The molecule has 10 heteroatoms. The summed E-state index contributed by atoms with van der Waals surface area (Å²) in [6, 6.07) is 13.5. The molecule has 6 nitrogen and oxygen atoms in total. The summed E-state index contributed by atoms with van der Waals surface area (Å²) >= 11 is 5.82. The van der Waals surface area contributed by atoms with Crippen molar-refractivity contribution in [2.45, 2.75) is 69.1 Å². The van der Waals surface area contributed by atoms with Crippen molar-refractivity contribution in [3.05, 3.63) is 61.6 Å². The first kappa shape index (κ1) is 28.2. The Morgan fingerprint density at radius 2 is 2.05 bits per heavy atom. The van der Waals surface area contributed by atoms with Crippen LogP contribution in [0.25, 0.3) is 0 Å². The minimum Gasteiger partial charge on any atom is -0.394 e. The first-order valence-electron chi connectivity index (χ1n) is 13.1. The van der Waals surface area contributed by atoms with Crippen molar-refractivity contribution in [2.75, 3.05) is 18.1 Å². The summed E-state index contributed by atoms with van der Waals surface area (Å²) in [6.45, 7) is 6.07. The molecular weight excluding hydrogens is 682 g/mol. The summed E-state index contributed by atoms with van der Waals surface area (Å²) in [6.07, 6.45) is 0.871. The fourth-order valence-corrected chi connectivity index (χ4v) is 10.3. The maximum Gasteiger partial charge on any atom is 0.264 e. The number of likely N-dealkylation sites (tertiary alicyclic amines) is 1. The van der Waals surface area contributed by atoms with E-state index >= 15 is 4.11 Å². The average molecular weight is 715 g/mol. The Kier molecular flexibility index (Phi) is 7.84. The molecule has 2 aromatic rings. The van der Waals surface area contributed by atoms with Gasteiger partial charge in [-0.15, -0.1) is 0 Å². The van der Waals surface area contributed by atoms with Gasteiger partial charge in [0.15, 0.2) is 5.60 Å². The molecule has 0 saturated carbocycles. The molecule has 0 bridgehead atoms. The van der Waals surface area contributed by atoms with Crippen LogP contribution in [0.1, 0.15) is 37.3 Å². The molecule has 1 N–H and O–H groups in total. The molecule has 3 aliphatic heterocycles. The highest BCUT2D eigenvalue weighted by molar-refractivity contribution is 14.1. The van der Waals surface area contributed by atoms with Crippen molar-refractivity contribution in [3.63, 3.8) is 0 Å². The molecule has 2 amide bonds. The van der Waals surface area contributed by atoms with Crippen LogP contribution in [0.3, 0.4) is 0 Å². The second kappa shape index (κ2) is 10.6. The standard InChI is InChI=1S/C28H33BrFIN2O4Si/c1-17-26(38(2,3)30)24(14-25(35)32-11-5-8-21(32)16-34)37-28(17)22-13-19(29)9-10-23(22)33(27(28)36)15-18-6-4-7-20(31)12-18/h4,6-7,9-10,12-13,17,21,24,26,34H,5,8,11,14-16H2,1-3H3/t17-,21+,24+,26-,28+/m1/s1. The molecule has 2 saturated heterocycles. The van der Waals surface area contributed by atoms with Gasteiger partial charge in [-0.3, -0.25) is 9.59 Å². The van der Waals surface area contributed by atoms with Crippen LogP contribution in [0.15, 0.2) is 46.9 Å². The molecule has 3 aliphatic rings. The number of nitrogens with zero attached hydrogens (tertiary/aromatic N) is 2. The Labute approximate surface area is 246 Å². The number of hydrogen-bond acceptors (Lipinski definition) is 4. The number of rotatable bonds is 6. The quantitative estimate of drug-likeness (QED) is 0.235. The number of halogens is 3. The summed E-state index contributed by atoms with van der Waals surface area (Å²) in [5.74, 6) is -0.806. The fourth-order valence-electron chi connectivity index (χ4n) is 6.84. The number of anilines is 1. The van der Waals surface area contributed by atoms with Gasteiger partial charge in [-0.05, 0) is 84.4 Å². The Morgan fingerprint density at radius 1 is 1.29 bits per heavy atom. The third-order valence-corrected chi connectivity index (χ3v) is 12.1. The van der Waals surface area contributed by atoms with Gasteiger partial charge in [0.05, 0.1) is 37.4 Å². The van der Waals surface area contributed by atoms with E-state index in [0.717, 1.165) is 37.7 Å². The number of carbonyl (C=O) groups excluding carboxylic acids is 2. The Morgan fingerprint density at radius 3 is 2.74 bits per heavy atom. The van der Waals surface area contributed by atoms with E-state index in [9.17, 15) is 14.7 Å². The van der Waals surface area contributed by atoms with Crippen molar-refractivity contribution >= 4 is 64.4 Å². The minimum absolute atomic E-state index is 0.00109. The van der Waals surface area contributed by atoms with E-state index in [4.69, 9.17) is 4.74 Å². The van der Waals surface area contributed by atoms with Gasteiger partial charge in [-0.2, -0.15) is 0 Å². The number of carbonyl (C=O) groups is 2. The predicted molar refractivity (Wildman–Crippen MR) is 159 cm³/mol. The number of benzene rings is 2. The summed E-state index contributed by atoms with van der Waals surface area (Å²) in [5, 5.41) is 9.74. The Balaban J connectivity index is 1.54. The lowest BCUT2D eigenvalue weighted by atomic mass is 9.82. The van der Waals surface area contributed by atoms with Gasteiger partial charge in [-0.25, -0.2) is 0 Å². The van der Waals surface area contributed by atoms with Crippen LogP contribution in [0, 0.1) is 9.49 Å². The molecule has 1 spiro atoms. The van der Waals surface area contributed by atoms with Gasteiger partial charge < -0.3 is 23.8 Å². The van der Waals surface area contributed by atoms with Gasteiger partial charge >= 0.3 is 0 Å². The lowest BCUT2D eigenvalue weighted by Crippen LogP contribution is -2.45. The number of amides is 2. The monoisotopic (exact) mass is 714 g/mol. The molecule has 2 fully saturated rings. The van der Waals surface area contributed by atoms with Crippen molar-refractivity contribution in [2.24, 2.45) is 5.92 Å². The van der Waals surface area contributed by atoms with E-state index in [0.29, 0.717) is 13.1 Å². The molecule has 0 radical (unpaired) electrons. The zero-order chi connectivity index (χ0) is 27.4. The van der Waals surface area contributed by atoms with E-state index in [1.165, 1.54) is 0 Å². The highest BCUT2D eigenvalue weighted by Crippen LogP contribution is 2.60. The van der Waals surface area contributed by atoms with Crippen LogP contribution in [0.5, 0.6) is 0 Å². The van der Waals surface area contributed by atoms with E-state index < -0.39 is 31.6 Å². The topological polar surface area (TPSA) is 70.1 Å². The number of hydrogen-bond donors (Lipinski definition) is 1. The second-order valence-corrected chi connectivity index (χ2v) is 17.2. The van der Waals surface area contributed by atoms with E-state index in [-0.39, 0.29) is 30.9 Å². The van der Waals surface area contributed by atoms with Gasteiger partial charge in [0.25, 0.3) is 5.91 Å². The van der Waals surface area contributed by atoms with Crippen LogP contribution < -0.4 is 4.90 Å². The van der Waals surface area contributed by atoms with E-state index in [1.807, 2.05) is 49.4 Å².